The third kappa shape index (κ3) is 1.57. The van der Waals surface area contributed by atoms with Crippen LogP contribution in [0.4, 0.5) is 0 Å². The van der Waals surface area contributed by atoms with Crippen LogP contribution in [0.25, 0.3) is 0 Å². The smallest absolute Gasteiger partial charge is 0.336 e. The highest BCUT2D eigenvalue weighted by Gasteiger charge is 2.58. The molecule has 20 heavy (non-hydrogen) atoms. The Morgan fingerprint density at radius 1 is 1.40 bits per heavy atom. The number of ketones is 1. The van der Waals surface area contributed by atoms with Gasteiger partial charge in [-0.2, -0.15) is 0 Å². The lowest BCUT2D eigenvalue weighted by Crippen LogP contribution is -2.51. The number of rotatable bonds is 1. The fourth-order valence-electron chi connectivity index (χ4n) is 4.02. The second-order valence-corrected chi connectivity index (χ2v) is 6.47. The summed E-state index contributed by atoms with van der Waals surface area (Å²) in [6.45, 7) is 5.88. The fraction of sp³-hybridized carbons (Fsp3) is 0.625. The van der Waals surface area contributed by atoms with Crippen LogP contribution in [0.1, 0.15) is 33.6 Å². The summed E-state index contributed by atoms with van der Waals surface area (Å²) in [4.78, 5) is 23.9. The minimum Gasteiger partial charge on any atom is -0.426 e. The third-order valence-electron chi connectivity index (χ3n) is 5.37. The summed E-state index contributed by atoms with van der Waals surface area (Å²) in [6, 6.07) is 0. The van der Waals surface area contributed by atoms with Crippen LogP contribution in [0.2, 0.25) is 0 Å². The van der Waals surface area contributed by atoms with Crippen LogP contribution in [-0.4, -0.2) is 24.6 Å². The molecule has 3 aliphatic rings. The van der Waals surface area contributed by atoms with Gasteiger partial charge in [0, 0.05) is 30.6 Å². The van der Waals surface area contributed by atoms with Gasteiger partial charge < -0.3 is 9.47 Å². The maximum Gasteiger partial charge on any atom is 0.336 e. The van der Waals surface area contributed by atoms with Crippen molar-refractivity contribution in [3.05, 3.63) is 23.3 Å². The lowest BCUT2D eigenvalue weighted by molar-refractivity contribution is -0.213. The van der Waals surface area contributed by atoms with Crippen LogP contribution in [0.3, 0.4) is 0 Å². The zero-order chi connectivity index (χ0) is 14.7. The molecule has 0 aromatic carbocycles. The van der Waals surface area contributed by atoms with Gasteiger partial charge in [-0.05, 0) is 30.8 Å². The van der Waals surface area contributed by atoms with Crippen LogP contribution in [0, 0.1) is 17.3 Å². The van der Waals surface area contributed by atoms with E-state index in [1.54, 1.807) is 20.1 Å². The van der Waals surface area contributed by atoms with Gasteiger partial charge in [-0.3, -0.25) is 4.79 Å². The Labute approximate surface area is 118 Å². The number of fused-ring (bicyclic) bond motifs is 2. The molecule has 4 atom stereocenters. The summed E-state index contributed by atoms with van der Waals surface area (Å²) in [7, 11) is 1.58. The number of hydrogen-bond acceptors (Lipinski definition) is 4. The number of methoxy groups -OCH3 is 1. The number of allylic oxidation sites excluding steroid dienone is 2. The van der Waals surface area contributed by atoms with Gasteiger partial charge in [0.1, 0.15) is 0 Å². The molecule has 0 bridgehead atoms. The number of esters is 1. The number of hydrogen-bond donors (Lipinski definition) is 0. The molecular formula is C16H20O4. The van der Waals surface area contributed by atoms with Gasteiger partial charge in [0.15, 0.2) is 5.78 Å². The van der Waals surface area contributed by atoms with Crippen molar-refractivity contribution in [2.75, 3.05) is 7.11 Å². The molecule has 0 aromatic rings. The van der Waals surface area contributed by atoms with Gasteiger partial charge >= 0.3 is 5.97 Å². The molecule has 4 nitrogen and oxygen atoms in total. The largest absolute Gasteiger partial charge is 0.426 e. The highest BCUT2D eigenvalue weighted by atomic mass is 16.7. The summed E-state index contributed by atoms with van der Waals surface area (Å²) in [5.41, 5.74) is 1.38. The molecule has 0 amide bonds. The molecular weight excluding hydrogens is 256 g/mol. The predicted molar refractivity (Wildman–Crippen MR) is 72.7 cm³/mol. The molecule has 3 rings (SSSR count). The van der Waals surface area contributed by atoms with E-state index in [0.717, 1.165) is 5.57 Å². The molecule has 0 spiro atoms. The van der Waals surface area contributed by atoms with Gasteiger partial charge in [-0.1, -0.05) is 19.9 Å². The van der Waals surface area contributed by atoms with Crippen LogP contribution >= 0.6 is 0 Å². The van der Waals surface area contributed by atoms with Crippen molar-refractivity contribution in [3.63, 3.8) is 0 Å². The SMILES string of the molecule is CO[C@]12C[C@]3(C)C=CC(=O)[C@H](C)[C@H]3CC1=C(C)C(=O)O2. The molecule has 1 aliphatic heterocycles. The Morgan fingerprint density at radius 2 is 2.10 bits per heavy atom. The van der Waals surface area contributed by atoms with E-state index in [9.17, 15) is 9.59 Å². The summed E-state index contributed by atoms with van der Waals surface area (Å²) in [5, 5.41) is 0. The topological polar surface area (TPSA) is 52.6 Å². The van der Waals surface area contributed by atoms with Crippen molar-refractivity contribution in [3.8, 4) is 0 Å². The zero-order valence-electron chi connectivity index (χ0n) is 12.4. The maximum atomic E-state index is 11.9. The van der Waals surface area contributed by atoms with Crippen LogP contribution in [-0.2, 0) is 19.1 Å². The molecule has 1 saturated carbocycles. The van der Waals surface area contributed by atoms with Crippen molar-refractivity contribution in [2.24, 2.45) is 17.3 Å². The molecule has 4 heteroatoms. The van der Waals surface area contributed by atoms with E-state index < -0.39 is 5.79 Å². The fourth-order valence-corrected chi connectivity index (χ4v) is 4.02. The predicted octanol–water partition coefficient (Wildman–Crippen LogP) is 2.39. The molecule has 1 heterocycles. The van der Waals surface area contributed by atoms with E-state index in [1.807, 2.05) is 13.0 Å². The first kappa shape index (κ1) is 13.6. The summed E-state index contributed by atoms with van der Waals surface area (Å²) in [5.74, 6) is -0.900. The first-order valence-corrected chi connectivity index (χ1v) is 7.05. The first-order valence-electron chi connectivity index (χ1n) is 7.05. The lowest BCUT2D eigenvalue weighted by Gasteiger charge is -2.50. The van der Waals surface area contributed by atoms with E-state index >= 15 is 0 Å². The Hall–Kier alpha value is -1.42. The number of carbonyl (C=O) groups is 2. The molecule has 0 N–H and O–H groups in total. The Morgan fingerprint density at radius 3 is 2.75 bits per heavy atom. The van der Waals surface area contributed by atoms with Crippen LogP contribution < -0.4 is 0 Å². The molecule has 0 aromatic heterocycles. The van der Waals surface area contributed by atoms with Crippen LogP contribution in [0.5, 0.6) is 0 Å². The van der Waals surface area contributed by atoms with E-state index in [1.165, 1.54) is 0 Å². The standard InChI is InChI=1S/C16H20O4/c1-9-11-7-12-10(2)14(18)20-16(12,19-4)8-15(11,3)6-5-13(9)17/h5-6,9,11H,7-8H2,1-4H3/t9-,11-,15+,16+/m1/s1. The maximum absolute atomic E-state index is 11.9. The minimum absolute atomic E-state index is 0.0316. The van der Waals surface area contributed by atoms with E-state index in [0.29, 0.717) is 18.4 Å². The monoisotopic (exact) mass is 276 g/mol. The molecule has 0 saturated heterocycles. The van der Waals surface area contributed by atoms with E-state index in [2.05, 4.69) is 6.92 Å². The average Bonchev–Trinajstić information content (AvgIpc) is 2.65. The van der Waals surface area contributed by atoms with Crippen molar-refractivity contribution in [1.29, 1.82) is 0 Å². The quantitative estimate of drug-likeness (QED) is 0.690. The van der Waals surface area contributed by atoms with Gasteiger partial charge in [0.25, 0.3) is 0 Å². The Balaban J connectivity index is 2.10. The third-order valence-corrected chi connectivity index (χ3v) is 5.37. The van der Waals surface area contributed by atoms with Crippen molar-refractivity contribution in [2.45, 2.75) is 39.4 Å². The lowest BCUT2D eigenvalue weighted by atomic mass is 9.57. The van der Waals surface area contributed by atoms with E-state index in [-0.39, 0.29) is 29.0 Å². The summed E-state index contributed by atoms with van der Waals surface area (Å²) < 4.78 is 11.1. The zero-order valence-corrected chi connectivity index (χ0v) is 12.4. The van der Waals surface area contributed by atoms with Gasteiger partial charge in [-0.15, -0.1) is 0 Å². The summed E-state index contributed by atoms with van der Waals surface area (Å²) in [6.07, 6.45) is 4.90. The molecule has 1 fully saturated rings. The first-order chi connectivity index (χ1) is 9.33. The molecule has 0 radical (unpaired) electrons. The second kappa shape index (κ2) is 4.04. The molecule has 108 valence electrons. The minimum atomic E-state index is -0.934. The Kier molecular flexibility index (Phi) is 2.74. The number of ether oxygens (including phenoxy) is 2. The molecule has 2 aliphatic carbocycles. The van der Waals surface area contributed by atoms with Gasteiger partial charge in [0.05, 0.1) is 0 Å². The number of carbonyl (C=O) groups excluding carboxylic acids is 2. The normalized spacial score (nSPS) is 43.4. The highest BCUT2D eigenvalue weighted by Crippen LogP contribution is 2.57. The van der Waals surface area contributed by atoms with Crippen LogP contribution in [0.15, 0.2) is 23.3 Å². The Bertz CT molecular complexity index is 559. The van der Waals surface area contributed by atoms with Gasteiger partial charge in [-0.25, -0.2) is 4.79 Å². The second-order valence-electron chi connectivity index (χ2n) is 6.47. The van der Waals surface area contributed by atoms with Crippen molar-refractivity contribution in [1.82, 2.24) is 0 Å². The molecule has 0 unspecified atom stereocenters. The van der Waals surface area contributed by atoms with E-state index in [4.69, 9.17) is 9.47 Å². The summed E-state index contributed by atoms with van der Waals surface area (Å²) >= 11 is 0. The average molecular weight is 276 g/mol. The highest BCUT2D eigenvalue weighted by molar-refractivity contribution is 5.94. The van der Waals surface area contributed by atoms with Crippen molar-refractivity contribution < 1.29 is 19.1 Å². The van der Waals surface area contributed by atoms with Gasteiger partial charge in [0.2, 0.25) is 5.79 Å². The van der Waals surface area contributed by atoms with Crippen molar-refractivity contribution >= 4 is 11.8 Å².